The third-order valence-electron chi connectivity index (χ3n) is 6.37. The predicted molar refractivity (Wildman–Crippen MR) is 125 cm³/mol. The third kappa shape index (κ3) is 5.13. The van der Waals surface area contributed by atoms with E-state index in [1.54, 1.807) is 44.2 Å². The van der Waals surface area contributed by atoms with E-state index in [0.717, 1.165) is 25.7 Å². The minimum absolute atomic E-state index is 0.338. The number of amides is 4. The van der Waals surface area contributed by atoms with Gasteiger partial charge in [-0.2, -0.15) is 0 Å². The number of benzene rings is 1. The highest BCUT2D eigenvalue weighted by molar-refractivity contribution is 6.20. The summed E-state index contributed by atoms with van der Waals surface area (Å²) in [5.74, 6) is 0.286. The van der Waals surface area contributed by atoms with Crippen LogP contribution in [0.4, 0.5) is 10.5 Å². The second-order valence-electron chi connectivity index (χ2n) is 8.49. The maximum Gasteiger partial charge on any atom is 0.322 e. The Morgan fingerprint density at radius 3 is 2.36 bits per heavy atom. The molecule has 9 heteroatoms. The van der Waals surface area contributed by atoms with Gasteiger partial charge in [0.2, 0.25) is 0 Å². The van der Waals surface area contributed by atoms with Gasteiger partial charge in [0.1, 0.15) is 11.5 Å². The van der Waals surface area contributed by atoms with Gasteiger partial charge in [0.25, 0.3) is 11.8 Å². The van der Waals surface area contributed by atoms with Gasteiger partial charge in [-0.3, -0.25) is 14.9 Å². The van der Waals surface area contributed by atoms with E-state index >= 15 is 0 Å². The summed E-state index contributed by atoms with van der Waals surface area (Å²) in [5, 5.41) is 8.70. The van der Waals surface area contributed by atoms with Crippen molar-refractivity contribution in [3.05, 3.63) is 29.3 Å². The molecule has 3 rings (SSSR count). The summed E-state index contributed by atoms with van der Waals surface area (Å²) in [6, 6.07) is 4.81. The van der Waals surface area contributed by atoms with Crippen molar-refractivity contribution >= 4 is 23.5 Å². The molecule has 3 N–H and O–H groups in total. The van der Waals surface area contributed by atoms with Crippen LogP contribution in [0, 0.1) is 0 Å². The number of unbranched alkanes of at least 4 members (excludes halogenated alkanes) is 3. The number of nitrogens with zero attached hydrogens (tertiary/aromatic N) is 1. The zero-order chi connectivity index (χ0) is 24.0. The summed E-state index contributed by atoms with van der Waals surface area (Å²) >= 11 is 0. The summed E-state index contributed by atoms with van der Waals surface area (Å²) < 4.78 is 10.6. The molecule has 1 aromatic carbocycles. The number of piperazine rings is 1. The lowest BCUT2D eigenvalue weighted by Gasteiger charge is -2.48. The van der Waals surface area contributed by atoms with E-state index in [4.69, 9.17) is 9.47 Å². The first-order chi connectivity index (χ1) is 15.9. The van der Waals surface area contributed by atoms with E-state index in [0.29, 0.717) is 54.4 Å². The lowest BCUT2D eigenvalue weighted by Crippen LogP contribution is -2.65. The van der Waals surface area contributed by atoms with Gasteiger partial charge in [0.05, 0.1) is 25.3 Å². The van der Waals surface area contributed by atoms with E-state index < -0.39 is 17.4 Å². The normalized spacial score (nSPS) is 20.7. The van der Waals surface area contributed by atoms with E-state index in [1.807, 2.05) is 0 Å². The fourth-order valence-electron chi connectivity index (χ4n) is 4.68. The Kier molecular flexibility index (Phi) is 7.97. The van der Waals surface area contributed by atoms with Crippen LogP contribution >= 0.6 is 0 Å². The number of methoxy groups -OCH3 is 2. The Labute approximate surface area is 194 Å². The van der Waals surface area contributed by atoms with E-state index in [9.17, 15) is 14.4 Å². The van der Waals surface area contributed by atoms with Gasteiger partial charge >= 0.3 is 6.03 Å². The number of carbonyl (C=O) groups is 3. The van der Waals surface area contributed by atoms with E-state index in [-0.39, 0.29) is 6.03 Å². The predicted octanol–water partition coefficient (Wildman–Crippen LogP) is 2.82. The van der Waals surface area contributed by atoms with Gasteiger partial charge < -0.3 is 25.0 Å². The molecule has 0 bridgehead atoms. The molecule has 1 atom stereocenters. The number of rotatable bonds is 9. The highest BCUT2D eigenvalue weighted by Crippen LogP contribution is 2.37. The van der Waals surface area contributed by atoms with Crippen LogP contribution in [0.5, 0.6) is 11.5 Å². The molecule has 9 nitrogen and oxygen atoms in total. The molecule has 0 aromatic heterocycles. The van der Waals surface area contributed by atoms with Crippen LogP contribution in [0.15, 0.2) is 29.3 Å². The second-order valence-corrected chi connectivity index (χ2v) is 8.49. The van der Waals surface area contributed by atoms with Crippen LogP contribution in [0.1, 0.15) is 46.0 Å². The van der Waals surface area contributed by atoms with Crippen LogP contribution in [0.25, 0.3) is 0 Å². The van der Waals surface area contributed by atoms with Gasteiger partial charge in [-0.15, -0.1) is 0 Å². The minimum atomic E-state index is -0.917. The van der Waals surface area contributed by atoms with Gasteiger partial charge in [0.15, 0.2) is 0 Å². The molecule has 0 radical (unpaired) electrons. The maximum absolute atomic E-state index is 13.6. The molecule has 4 amide bonds. The van der Waals surface area contributed by atoms with Crippen LogP contribution < -0.4 is 25.4 Å². The van der Waals surface area contributed by atoms with Crippen LogP contribution in [0.2, 0.25) is 0 Å². The Morgan fingerprint density at radius 1 is 1.09 bits per heavy atom. The molecule has 1 saturated heterocycles. The first kappa shape index (κ1) is 24.6. The smallest absolute Gasteiger partial charge is 0.322 e. The maximum atomic E-state index is 13.6. The third-order valence-corrected chi connectivity index (χ3v) is 6.37. The molecule has 2 aliphatic heterocycles. The molecule has 1 fully saturated rings. The Morgan fingerprint density at radius 2 is 1.79 bits per heavy atom. The SMILES string of the molecule is CCCCCCC1(C2=C(C)C(=O)NC2=O)CNCCN1C(=O)Nc1cc(OC)cc(OC)c1. The molecular weight excluding hydrogens is 424 g/mol. The second kappa shape index (κ2) is 10.7. The van der Waals surface area contributed by atoms with Crippen molar-refractivity contribution in [3.8, 4) is 11.5 Å². The number of carbonyl (C=O) groups excluding carboxylic acids is 3. The quantitative estimate of drug-likeness (QED) is 0.388. The first-order valence-corrected chi connectivity index (χ1v) is 11.5. The molecule has 0 aliphatic carbocycles. The Hall–Kier alpha value is -3.07. The van der Waals surface area contributed by atoms with Gasteiger partial charge in [0, 0.05) is 49.1 Å². The molecule has 0 spiro atoms. The van der Waals surface area contributed by atoms with Crippen molar-refractivity contribution < 1.29 is 23.9 Å². The van der Waals surface area contributed by atoms with Gasteiger partial charge in [-0.05, 0) is 13.3 Å². The van der Waals surface area contributed by atoms with Crippen LogP contribution in [0.3, 0.4) is 0 Å². The van der Waals surface area contributed by atoms with E-state index in [2.05, 4.69) is 22.9 Å². The fourth-order valence-corrected chi connectivity index (χ4v) is 4.68. The van der Waals surface area contributed by atoms with Crippen molar-refractivity contribution in [2.45, 2.75) is 51.5 Å². The highest BCUT2D eigenvalue weighted by Gasteiger charge is 2.50. The number of hydrogen-bond donors (Lipinski definition) is 3. The summed E-state index contributed by atoms with van der Waals surface area (Å²) in [6.45, 7) is 5.19. The molecule has 1 aromatic rings. The molecule has 180 valence electrons. The zero-order valence-corrected chi connectivity index (χ0v) is 19.9. The number of hydrogen-bond acceptors (Lipinski definition) is 6. The Bertz CT molecular complexity index is 923. The molecule has 2 heterocycles. The molecule has 33 heavy (non-hydrogen) atoms. The van der Waals surface area contributed by atoms with Gasteiger partial charge in [-0.25, -0.2) is 4.79 Å². The number of nitrogens with one attached hydrogen (secondary N) is 3. The lowest BCUT2D eigenvalue weighted by atomic mass is 9.79. The van der Waals surface area contributed by atoms with E-state index in [1.165, 1.54) is 0 Å². The van der Waals surface area contributed by atoms with Gasteiger partial charge in [-0.1, -0.05) is 32.6 Å². The lowest BCUT2D eigenvalue weighted by molar-refractivity contribution is -0.124. The summed E-state index contributed by atoms with van der Waals surface area (Å²) in [5.41, 5.74) is 0.362. The summed E-state index contributed by atoms with van der Waals surface area (Å²) in [6.07, 6.45) is 4.56. The molecular formula is C24H34N4O5. The monoisotopic (exact) mass is 458 g/mol. The average Bonchev–Trinajstić information content (AvgIpc) is 3.07. The number of urea groups is 1. The molecule has 1 unspecified atom stereocenters. The van der Waals surface area contributed by atoms with Crippen molar-refractivity contribution in [2.75, 3.05) is 39.2 Å². The largest absolute Gasteiger partial charge is 0.497 e. The zero-order valence-electron chi connectivity index (χ0n) is 19.9. The topological polar surface area (TPSA) is 109 Å². The standard InChI is InChI=1S/C24H34N4O5/c1-5-6-7-8-9-24(20-16(2)21(29)27-22(20)30)15-25-10-11-28(24)23(31)26-17-12-18(32-3)14-19(13-17)33-4/h12-14,25H,5-11,15H2,1-4H3,(H,26,31)(H,27,29,30). The van der Waals surface area contributed by atoms with Crippen LogP contribution in [-0.4, -0.2) is 62.1 Å². The average molecular weight is 459 g/mol. The summed E-state index contributed by atoms with van der Waals surface area (Å²) in [7, 11) is 3.09. The van der Waals surface area contributed by atoms with Crippen LogP contribution in [-0.2, 0) is 9.59 Å². The molecule has 2 aliphatic rings. The van der Waals surface area contributed by atoms with Crippen molar-refractivity contribution in [1.82, 2.24) is 15.5 Å². The van der Waals surface area contributed by atoms with Crippen molar-refractivity contribution in [1.29, 1.82) is 0 Å². The van der Waals surface area contributed by atoms with Crippen molar-refractivity contribution in [2.24, 2.45) is 0 Å². The summed E-state index contributed by atoms with van der Waals surface area (Å²) in [4.78, 5) is 40.5. The first-order valence-electron chi connectivity index (χ1n) is 11.5. The number of anilines is 1. The molecule has 0 saturated carbocycles. The number of ether oxygens (including phenoxy) is 2. The fraction of sp³-hybridized carbons (Fsp3) is 0.542. The van der Waals surface area contributed by atoms with Crippen molar-refractivity contribution in [3.63, 3.8) is 0 Å². The Balaban J connectivity index is 1.97. The minimum Gasteiger partial charge on any atom is -0.497 e. The highest BCUT2D eigenvalue weighted by atomic mass is 16.5. The number of imide groups is 1.